The second-order valence-corrected chi connectivity index (χ2v) is 15.1. The number of para-hydroxylation sites is 1. The standard InChI is InChI=1S/C50H37N6O.Pt/c1-50(2,3)38-26-28-51-44(31-38)56-43-30-37(24-25-41(43)47-49(56)53-32-57-47)46(45(34-15-7-4-8-16-34)35-17-9-5-10-18-35)36-19-13-22-40(29-36)55-33-54(39-20-11-6-12-21-39)42-23-14-27-52-48(42)55;/h4-28,31-33H,1-3H3;/q-3;. The zero-order chi connectivity index (χ0) is 38.5. The molecule has 286 valence electrons. The molecule has 7 nitrogen and oxygen atoms in total. The number of pyridine rings is 2. The van der Waals surface area contributed by atoms with Gasteiger partial charge in [0.2, 0.25) is 0 Å². The number of oxazole rings is 1. The van der Waals surface area contributed by atoms with Crippen LogP contribution in [0.15, 0.2) is 169 Å². The zero-order valence-electron chi connectivity index (χ0n) is 32.1. The van der Waals surface area contributed by atoms with Crippen molar-refractivity contribution in [1.29, 1.82) is 0 Å². The number of hydrogen-bond donors (Lipinski definition) is 0. The van der Waals surface area contributed by atoms with Gasteiger partial charge in [0, 0.05) is 39.1 Å². The van der Waals surface area contributed by atoms with Crippen molar-refractivity contribution < 1.29 is 25.5 Å². The summed E-state index contributed by atoms with van der Waals surface area (Å²) < 4.78 is 8.09. The van der Waals surface area contributed by atoms with Gasteiger partial charge in [0.25, 0.3) is 0 Å². The monoisotopic (exact) mass is 932 g/mol. The molecule has 0 atom stereocenters. The molecule has 0 aliphatic carbocycles. The van der Waals surface area contributed by atoms with E-state index in [1.54, 1.807) is 0 Å². The van der Waals surface area contributed by atoms with Crippen molar-refractivity contribution in [1.82, 2.24) is 19.5 Å². The van der Waals surface area contributed by atoms with Crippen molar-refractivity contribution in [2.75, 3.05) is 9.80 Å². The first-order valence-electron chi connectivity index (χ1n) is 19.0. The second-order valence-electron chi connectivity index (χ2n) is 15.1. The van der Waals surface area contributed by atoms with E-state index < -0.39 is 0 Å². The summed E-state index contributed by atoms with van der Waals surface area (Å²) >= 11 is 0. The molecule has 0 bridgehead atoms. The van der Waals surface area contributed by atoms with Crippen molar-refractivity contribution in [3.05, 3.63) is 211 Å². The third-order valence-electron chi connectivity index (χ3n) is 10.5. The number of fused-ring (bicyclic) bond motifs is 4. The van der Waals surface area contributed by atoms with E-state index in [0.717, 1.165) is 73.0 Å². The van der Waals surface area contributed by atoms with Gasteiger partial charge < -0.3 is 14.2 Å². The predicted octanol–water partition coefficient (Wildman–Crippen LogP) is 11.9. The number of rotatable bonds is 7. The van der Waals surface area contributed by atoms with E-state index in [-0.39, 0.29) is 26.5 Å². The maximum Gasteiger partial charge on any atom is 0.182 e. The third kappa shape index (κ3) is 6.51. The molecule has 58 heavy (non-hydrogen) atoms. The van der Waals surface area contributed by atoms with Gasteiger partial charge >= 0.3 is 0 Å². The Morgan fingerprint density at radius 2 is 1.34 bits per heavy atom. The summed E-state index contributed by atoms with van der Waals surface area (Å²) in [6.45, 7) is 8.72. The van der Waals surface area contributed by atoms with Crippen molar-refractivity contribution in [2.45, 2.75) is 26.2 Å². The number of aromatic nitrogens is 4. The van der Waals surface area contributed by atoms with Crippen LogP contribution >= 0.6 is 0 Å². The average molecular weight is 933 g/mol. The van der Waals surface area contributed by atoms with Gasteiger partial charge in [-0.2, -0.15) is 4.98 Å². The number of nitrogens with zero attached hydrogens (tertiary/aromatic N) is 6. The van der Waals surface area contributed by atoms with Gasteiger partial charge in [-0.05, 0) is 75.0 Å². The molecule has 4 aromatic heterocycles. The van der Waals surface area contributed by atoms with E-state index in [0.29, 0.717) is 11.2 Å². The first-order chi connectivity index (χ1) is 27.9. The van der Waals surface area contributed by atoms with Crippen LogP contribution in [0.2, 0.25) is 0 Å². The van der Waals surface area contributed by atoms with Crippen LogP contribution in [0, 0.1) is 18.8 Å². The van der Waals surface area contributed by atoms with Crippen LogP contribution in [0.3, 0.4) is 0 Å². The van der Waals surface area contributed by atoms with Gasteiger partial charge in [-0.25, -0.2) is 9.97 Å². The van der Waals surface area contributed by atoms with E-state index >= 15 is 0 Å². The van der Waals surface area contributed by atoms with Crippen LogP contribution in [0.1, 0.15) is 48.6 Å². The Labute approximate surface area is 352 Å². The first-order valence-corrected chi connectivity index (χ1v) is 19.0. The van der Waals surface area contributed by atoms with Crippen molar-refractivity contribution in [3.8, 4) is 5.82 Å². The summed E-state index contributed by atoms with van der Waals surface area (Å²) in [4.78, 5) is 18.7. The minimum atomic E-state index is -0.0730. The van der Waals surface area contributed by atoms with E-state index in [4.69, 9.17) is 14.4 Å². The molecule has 0 unspecified atom stereocenters. The Hall–Kier alpha value is -6.56. The van der Waals surface area contributed by atoms with E-state index in [1.165, 1.54) is 12.0 Å². The molecule has 0 fully saturated rings. The fourth-order valence-electron chi connectivity index (χ4n) is 7.69. The Balaban J connectivity index is 0.00000436. The topological polar surface area (TPSA) is 63.2 Å². The molecule has 9 aromatic rings. The Kier molecular flexibility index (Phi) is 9.63. The summed E-state index contributed by atoms with van der Waals surface area (Å²) in [5.41, 5.74) is 12.2. The molecule has 5 aromatic carbocycles. The van der Waals surface area contributed by atoms with Gasteiger partial charge in [0.1, 0.15) is 17.2 Å². The fraction of sp³-hybridized carbons (Fsp3) is 0.0800. The third-order valence-corrected chi connectivity index (χ3v) is 10.5. The molecule has 1 aliphatic rings. The summed E-state index contributed by atoms with van der Waals surface area (Å²) in [7, 11) is 0. The summed E-state index contributed by atoms with van der Waals surface area (Å²) in [5, 5.41) is 0.905. The smallest absolute Gasteiger partial charge is 0.182 e. The second kappa shape index (κ2) is 15.1. The summed E-state index contributed by atoms with van der Waals surface area (Å²) in [5.74, 6) is 1.59. The van der Waals surface area contributed by atoms with Crippen LogP contribution in [0.4, 0.5) is 22.9 Å². The number of anilines is 4. The van der Waals surface area contributed by atoms with Crippen molar-refractivity contribution >= 4 is 56.2 Å². The molecule has 0 spiro atoms. The van der Waals surface area contributed by atoms with Crippen LogP contribution in [-0.2, 0) is 26.5 Å². The molecule has 8 heteroatoms. The normalized spacial score (nSPS) is 12.5. The van der Waals surface area contributed by atoms with Crippen molar-refractivity contribution in [2.24, 2.45) is 0 Å². The van der Waals surface area contributed by atoms with Crippen molar-refractivity contribution in [3.63, 3.8) is 0 Å². The van der Waals surface area contributed by atoms with Crippen LogP contribution < -0.4 is 9.80 Å². The molecule has 0 saturated heterocycles. The molecule has 0 saturated carbocycles. The van der Waals surface area contributed by atoms with Crippen LogP contribution in [-0.4, -0.2) is 19.5 Å². The Morgan fingerprint density at radius 1 is 0.638 bits per heavy atom. The summed E-state index contributed by atoms with van der Waals surface area (Å²) in [6, 6.07) is 58.0. The molecule has 10 rings (SSSR count). The molecule has 0 N–H and O–H groups in total. The SMILES string of the molecule is CC(C)(C)c1ccnc(-n2c3[c-]c(C(=C(c4ccccc4)c4ccccc4)c4[c-]c(N5[CH-]N(c6ccccc6)c6cccnc65)ccc4)ccc3c3ocnc32)c1.[Pt]. The molecule has 0 radical (unpaired) electrons. The van der Waals surface area contributed by atoms with E-state index in [2.05, 4.69) is 192 Å². The maximum atomic E-state index is 6.03. The molecule has 0 amide bonds. The first kappa shape index (κ1) is 37.0. The van der Waals surface area contributed by atoms with E-state index in [9.17, 15) is 0 Å². The van der Waals surface area contributed by atoms with Gasteiger partial charge in [-0.15, -0.1) is 65.8 Å². The molecule has 1 aliphatic heterocycles. The number of benzene rings is 5. The average Bonchev–Trinajstić information content (AvgIpc) is 3.97. The maximum absolute atomic E-state index is 6.03. The molecule has 5 heterocycles. The van der Waals surface area contributed by atoms with Gasteiger partial charge in [-0.3, -0.25) is 4.57 Å². The van der Waals surface area contributed by atoms with Crippen LogP contribution in [0.5, 0.6) is 0 Å². The largest absolute Gasteiger partial charge is 0.473 e. The van der Waals surface area contributed by atoms with Gasteiger partial charge in [-0.1, -0.05) is 105 Å². The number of hydrogen-bond acceptors (Lipinski definition) is 6. The fourth-order valence-corrected chi connectivity index (χ4v) is 7.69. The quantitative estimate of drug-likeness (QED) is 0.117. The van der Waals surface area contributed by atoms with E-state index in [1.807, 2.05) is 24.5 Å². The van der Waals surface area contributed by atoms with Gasteiger partial charge in [0.05, 0.1) is 5.69 Å². The molecular formula is C50H37N6OPt-3. The predicted molar refractivity (Wildman–Crippen MR) is 229 cm³/mol. The minimum Gasteiger partial charge on any atom is -0.473 e. The molecular weight excluding hydrogens is 896 g/mol. The van der Waals surface area contributed by atoms with Gasteiger partial charge in [0.15, 0.2) is 12.0 Å². The Bertz CT molecular complexity index is 2890. The Morgan fingerprint density at radius 3 is 2.07 bits per heavy atom. The minimum absolute atomic E-state index is 0. The zero-order valence-corrected chi connectivity index (χ0v) is 34.3. The van der Waals surface area contributed by atoms with Crippen LogP contribution in [0.25, 0.3) is 39.1 Å². The summed E-state index contributed by atoms with van der Waals surface area (Å²) in [6.07, 6.45) is 5.20.